The van der Waals surface area contributed by atoms with E-state index in [0.29, 0.717) is 0 Å². The molecule has 0 unspecified atom stereocenters. The van der Waals surface area contributed by atoms with Crippen LogP contribution in [0.3, 0.4) is 0 Å². The number of benzene rings is 1. The molecule has 2 rings (SSSR count). The first kappa shape index (κ1) is 12.3. The minimum Gasteiger partial charge on any atom is -0.303 e. The average molecular weight is 256 g/mol. The molecule has 0 amide bonds. The summed E-state index contributed by atoms with van der Waals surface area (Å²) in [4.78, 5) is 28.5. The van der Waals surface area contributed by atoms with Gasteiger partial charge in [0.05, 0.1) is 16.5 Å². The second kappa shape index (κ2) is 3.94. The van der Waals surface area contributed by atoms with Crippen LogP contribution in [0.4, 0.5) is 13.2 Å². The van der Waals surface area contributed by atoms with Gasteiger partial charge in [-0.15, -0.1) is 0 Å². The van der Waals surface area contributed by atoms with Crippen LogP contribution in [0.15, 0.2) is 23.0 Å². The molecule has 0 aliphatic carbocycles. The van der Waals surface area contributed by atoms with E-state index in [1.807, 2.05) is 0 Å². The van der Waals surface area contributed by atoms with Crippen molar-refractivity contribution in [3.8, 4) is 0 Å². The highest BCUT2D eigenvalue weighted by atomic mass is 19.4. The van der Waals surface area contributed by atoms with Crippen molar-refractivity contribution in [2.45, 2.75) is 13.1 Å². The van der Waals surface area contributed by atoms with Gasteiger partial charge in [-0.1, -0.05) is 0 Å². The molecule has 0 fully saturated rings. The second-order valence-corrected chi connectivity index (χ2v) is 3.70. The van der Waals surface area contributed by atoms with Crippen molar-refractivity contribution in [2.24, 2.45) is 0 Å². The monoisotopic (exact) mass is 256 g/mol. The maximum atomic E-state index is 12.5. The first-order chi connectivity index (χ1) is 8.29. The van der Waals surface area contributed by atoms with Crippen LogP contribution in [-0.2, 0) is 6.18 Å². The van der Waals surface area contributed by atoms with Gasteiger partial charge in [-0.05, 0) is 18.2 Å². The highest BCUT2D eigenvalue weighted by molar-refractivity contribution is 5.92. The van der Waals surface area contributed by atoms with E-state index in [2.05, 4.69) is 9.97 Å². The molecule has 0 aliphatic heterocycles. The average Bonchev–Trinajstić information content (AvgIpc) is 2.26. The fourth-order valence-corrected chi connectivity index (χ4v) is 1.48. The van der Waals surface area contributed by atoms with Gasteiger partial charge in [0.25, 0.3) is 5.56 Å². The SMILES string of the molecule is CC(=O)c1nc2cc(C(F)(F)F)ccc2c(=O)[nH]1. The van der Waals surface area contributed by atoms with Crippen molar-refractivity contribution >= 4 is 16.7 Å². The minimum atomic E-state index is -4.52. The van der Waals surface area contributed by atoms with E-state index < -0.39 is 23.1 Å². The number of carbonyl (C=O) groups is 1. The van der Waals surface area contributed by atoms with Crippen molar-refractivity contribution in [3.05, 3.63) is 39.9 Å². The molecule has 0 spiro atoms. The predicted molar refractivity (Wildman–Crippen MR) is 57.4 cm³/mol. The van der Waals surface area contributed by atoms with Gasteiger partial charge in [0, 0.05) is 6.92 Å². The van der Waals surface area contributed by atoms with Crippen LogP contribution in [0.5, 0.6) is 0 Å². The molecular formula is C11H7F3N2O2. The summed E-state index contributed by atoms with van der Waals surface area (Å²) in [5.41, 5.74) is -1.71. The number of rotatable bonds is 1. The predicted octanol–water partition coefficient (Wildman–Crippen LogP) is 2.14. The van der Waals surface area contributed by atoms with Gasteiger partial charge in [0.15, 0.2) is 11.6 Å². The van der Waals surface area contributed by atoms with Crippen molar-refractivity contribution in [3.63, 3.8) is 0 Å². The number of alkyl halides is 3. The number of hydrogen-bond donors (Lipinski definition) is 1. The summed E-state index contributed by atoms with van der Waals surface area (Å²) in [7, 11) is 0. The zero-order valence-corrected chi connectivity index (χ0v) is 9.13. The number of carbonyl (C=O) groups excluding carboxylic acids is 1. The lowest BCUT2D eigenvalue weighted by molar-refractivity contribution is -0.137. The Hall–Kier alpha value is -2.18. The summed E-state index contributed by atoms with van der Waals surface area (Å²) in [5.74, 6) is -0.779. The summed E-state index contributed by atoms with van der Waals surface area (Å²) in [6.45, 7) is 1.16. The van der Waals surface area contributed by atoms with Crippen LogP contribution in [0.2, 0.25) is 0 Å². The molecule has 0 aliphatic rings. The highest BCUT2D eigenvalue weighted by Crippen LogP contribution is 2.30. The Morgan fingerprint density at radius 3 is 2.56 bits per heavy atom. The van der Waals surface area contributed by atoms with Crippen molar-refractivity contribution in [1.29, 1.82) is 0 Å². The van der Waals surface area contributed by atoms with Crippen molar-refractivity contribution in [1.82, 2.24) is 9.97 Å². The Bertz CT molecular complexity index is 689. The number of halogens is 3. The van der Waals surface area contributed by atoms with E-state index in [0.717, 1.165) is 25.1 Å². The van der Waals surface area contributed by atoms with Crippen LogP contribution in [0.1, 0.15) is 23.1 Å². The van der Waals surface area contributed by atoms with E-state index in [-0.39, 0.29) is 16.7 Å². The summed E-state index contributed by atoms with van der Waals surface area (Å²) in [6.07, 6.45) is -4.52. The molecule has 94 valence electrons. The summed E-state index contributed by atoms with van der Waals surface area (Å²) < 4.78 is 37.5. The Morgan fingerprint density at radius 1 is 1.33 bits per heavy atom. The summed E-state index contributed by atoms with van der Waals surface area (Å²) in [5, 5.41) is 0.00741. The molecule has 4 nitrogen and oxygen atoms in total. The van der Waals surface area contributed by atoms with Gasteiger partial charge in [-0.25, -0.2) is 4.98 Å². The van der Waals surface area contributed by atoms with Gasteiger partial charge < -0.3 is 4.98 Å². The molecular weight excluding hydrogens is 249 g/mol. The van der Waals surface area contributed by atoms with E-state index in [1.165, 1.54) is 0 Å². The summed E-state index contributed by atoms with van der Waals surface area (Å²) in [6, 6.07) is 2.58. The van der Waals surface area contributed by atoms with Crippen LogP contribution in [-0.4, -0.2) is 15.8 Å². The number of fused-ring (bicyclic) bond motifs is 1. The molecule has 0 saturated heterocycles. The Balaban J connectivity index is 2.76. The largest absolute Gasteiger partial charge is 0.416 e. The first-order valence-corrected chi connectivity index (χ1v) is 4.91. The Kier molecular flexibility index (Phi) is 2.68. The Morgan fingerprint density at radius 2 is 2.00 bits per heavy atom. The lowest BCUT2D eigenvalue weighted by Crippen LogP contribution is -2.15. The van der Waals surface area contributed by atoms with E-state index >= 15 is 0 Å². The van der Waals surface area contributed by atoms with Gasteiger partial charge in [-0.3, -0.25) is 9.59 Å². The molecule has 1 aromatic heterocycles. The lowest BCUT2D eigenvalue weighted by atomic mass is 10.1. The fourth-order valence-electron chi connectivity index (χ4n) is 1.48. The number of Topliss-reactive ketones (excluding diaryl/α,β-unsaturated/α-hetero) is 1. The summed E-state index contributed by atoms with van der Waals surface area (Å²) >= 11 is 0. The van der Waals surface area contributed by atoms with E-state index in [4.69, 9.17) is 0 Å². The van der Waals surface area contributed by atoms with Crippen molar-refractivity contribution < 1.29 is 18.0 Å². The molecule has 18 heavy (non-hydrogen) atoms. The molecule has 1 aromatic carbocycles. The number of hydrogen-bond acceptors (Lipinski definition) is 3. The number of aromatic amines is 1. The van der Waals surface area contributed by atoms with Gasteiger partial charge >= 0.3 is 6.18 Å². The van der Waals surface area contributed by atoms with Gasteiger partial charge in [0.2, 0.25) is 0 Å². The molecule has 0 radical (unpaired) electrons. The fraction of sp³-hybridized carbons (Fsp3) is 0.182. The molecule has 0 bridgehead atoms. The number of ketones is 1. The lowest BCUT2D eigenvalue weighted by Gasteiger charge is -2.07. The molecule has 1 N–H and O–H groups in total. The zero-order valence-electron chi connectivity index (χ0n) is 9.13. The molecule has 7 heteroatoms. The number of nitrogens with one attached hydrogen (secondary N) is 1. The van der Waals surface area contributed by atoms with Crippen LogP contribution < -0.4 is 5.56 Å². The molecule has 2 aromatic rings. The van der Waals surface area contributed by atoms with Crippen LogP contribution in [0.25, 0.3) is 10.9 Å². The third-order valence-corrected chi connectivity index (χ3v) is 2.37. The zero-order chi connectivity index (χ0) is 13.5. The normalized spacial score (nSPS) is 11.8. The molecule has 0 saturated carbocycles. The second-order valence-electron chi connectivity index (χ2n) is 3.70. The molecule has 0 atom stereocenters. The van der Waals surface area contributed by atoms with Crippen molar-refractivity contribution in [2.75, 3.05) is 0 Å². The maximum Gasteiger partial charge on any atom is 0.416 e. The minimum absolute atomic E-state index is 0.00741. The topological polar surface area (TPSA) is 62.8 Å². The van der Waals surface area contributed by atoms with Gasteiger partial charge in [0.1, 0.15) is 0 Å². The third-order valence-electron chi connectivity index (χ3n) is 2.37. The van der Waals surface area contributed by atoms with Crippen LogP contribution >= 0.6 is 0 Å². The smallest absolute Gasteiger partial charge is 0.303 e. The third kappa shape index (κ3) is 2.11. The Labute approximate surface area is 98.5 Å². The van der Waals surface area contributed by atoms with Crippen LogP contribution in [0, 0.1) is 0 Å². The highest BCUT2D eigenvalue weighted by Gasteiger charge is 2.30. The maximum absolute atomic E-state index is 12.5. The van der Waals surface area contributed by atoms with Gasteiger partial charge in [-0.2, -0.15) is 13.2 Å². The first-order valence-electron chi connectivity index (χ1n) is 4.91. The number of aromatic nitrogens is 2. The van der Waals surface area contributed by atoms with E-state index in [1.54, 1.807) is 0 Å². The number of nitrogens with zero attached hydrogens (tertiary/aromatic N) is 1. The van der Waals surface area contributed by atoms with E-state index in [9.17, 15) is 22.8 Å². The number of H-pyrrole nitrogens is 1. The molecule has 1 heterocycles. The standard InChI is InChI=1S/C11H7F3N2O2/c1-5(17)9-15-8-4-6(11(12,13)14)2-3-7(8)10(18)16-9/h2-4H,1H3,(H,15,16,18). The quantitative estimate of drug-likeness (QED) is 0.795.